The molecule has 11 heteroatoms. The molecule has 4 N–H and O–H groups in total. The molecule has 0 fully saturated rings. The summed E-state index contributed by atoms with van der Waals surface area (Å²) in [6.07, 6.45) is 1.91. The predicted molar refractivity (Wildman–Crippen MR) is 154 cm³/mol. The number of methoxy groups -OCH3 is 1. The molecule has 0 aliphatic carbocycles. The number of nitrogens with one attached hydrogen (secondary N) is 3. The van der Waals surface area contributed by atoms with E-state index in [1.165, 1.54) is 18.9 Å². The number of carboxylic acids is 1. The average Bonchev–Trinajstić information content (AvgIpc) is 2.94. The monoisotopic (exact) mass is 557 g/mol. The molecule has 0 saturated heterocycles. The van der Waals surface area contributed by atoms with Crippen molar-refractivity contribution in [3.8, 4) is 0 Å². The van der Waals surface area contributed by atoms with Crippen molar-refractivity contribution in [3.63, 3.8) is 0 Å². The summed E-state index contributed by atoms with van der Waals surface area (Å²) in [5, 5.41) is 19.1. The maximum absolute atomic E-state index is 12.4. The van der Waals surface area contributed by atoms with Crippen LogP contribution in [0.2, 0.25) is 0 Å². The van der Waals surface area contributed by atoms with Crippen molar-refractivity contribution in [3.05, 3.63) is 95.7 Å². The van der Waals surface area contributed by atoms with Gasteiger partial charge < -0.3 is 25.8 Å². The van der Waals surface area contributed by atoms with Crippen molar-refractivity contribution >= 4 is 52.6 Å². The fraction of sp³-hybridized carbons (Fsp3) is 0.138. The number of carboxylic acid groups (broad SMARTS) is 1. The number of aromatic carboxylic acids is 1. The summed E-state index contributed by atoms with van der Waals surface area (Å²) < 4.78 is 4.68. The molecule has 0 spiro atoms. The lowest BCUT2D eigenvalue weighted by atomic mass is 10.1. The van der Waals surface area contributed by atoms with Gasteiger partial charge in [-0.3, -0.25) is 4.79 Å². The van der Waals surface area contributed by atoms with Gasteiger partial charge in [0.1, 0.15) is 5.03 Å². The Kier molecular flexibility index (Phi) is 9.31. The van der Waals surface area contributed by atoms with Crippen LogP contribution in [0, 0.1) is 6.92 Å². The molecule has 4 rings (SSSR count). The van der Waals surface area contributed by atoms with Crippen LogP contribution >= 0.6 is 11.8 Å². The van der Waals surface area contributed by atoms with Crippen molar-refractivity contribution in [1.82, 2.24) is 9.97 Å². The molecule has 0 aliphatic heterocycles. The molecule has 0 unspecified atom stereocenters. The highest BCUT2D eigenvalue weighted by Crippen LogP contribution is 2.28. The van der Waals surface area contributed by atoms with Gasteiger partial charge in [0.05, 0.1) is 18.2 Å². The summed E-state index contributed by atoms with van der Waals surface area (Å²) >= 11 is 1.44. The van der Waals surface area contributed by atoms with Gasteiger partial charge in [0.25, 0.3) is 0 Å². The van der Waals surface area contributed by atoms with E-state index < -0.39 is 11.9 Å². The van der Waals surface area contributed by atoms with Crippen LogP contribution in [0.15, 0.2) is 88.9 Å². The number of benzene rings is 3. The minimum atomic E-state index is -0.970. The van der Waals surface area contributed by atoms with Crippen molar-refractivity contribution in [1.29, 1.82) is 0 Å². The van der Waals surface area contributed by atoms with Gasteiger partial charge in [0.2, 0.25) is 11.9 Å². The van der Waals surface area contributed by atoms with Crippen LogP contribution in [0.1, 0.15) is 32.7 Å². The Morgan fingerprint density at radius 2 is 1.62 bits per heavy atom. The van der Waals surface area contributed by atoms with E-state index in [4.69, 9.17) is 0 Å². The molecular formula is C29H27N5O5S. The van der Waals surface area contributed by atoms with Gasteiger partial charge >= 0.3 is 11.9 Å². The first-order valence-corrected chi connectivity index (χ1v) is 13.1. The maximum atomic E-state index is 12.4. The van der Waals surface area contributed by atoms with Crippen LogP contribution in [0.4, 0.5) is 23.0 Å². The van der Waals surface area contributed by atoms with Crippen LogP contribution in [0.5, 0.6) is 0 Å². The first kappa shape index (κ1) is 28.1. The van der Waals surface area contributed by atoms with Crippen LogP contribution in [-0.2, 0) is 9.53 Å². The topological polar surface area (TPSA) is 143 Å². The number of carbonyl (C=O) groups is 3. The van der Waals surface area contributed by atoms with Crippen molar-refractivity contribution in [2.45, 2.75) is 23.3 Å². The van der Waals surface area contributed by atoms with E-state index in [-0.39, 0.29) is 17.9 Å². The van der Waals surface area contributed by atoms with Crippen molar-refractivity contribution < 1.29 is 24.2 Å². The second-order valence-electron chi connectivity index (χ2n) is 8.60. The number of aryl methyl sites for hydroxylation is 1. The lowest BCUT2D eigenvalue weighted by molar-refractivity contribution is -0.115. The molecule has 4 aromatic rings. The van der Waals surface area contributed by atoms with Gasteiger partial charge in [-0.25, -0.2) is 19.6 Å². The van der Waals surface area contributed by atoms with Gasteiger partial charge in [-0.15, -0.1) is 0 Å². The molecule has 0 saturated carbocycles. The molecule has 1 amide bonds. The van der Waals surface area contributed by atoms with Gasteiger partial charge in [0, 0.05) is 41.1 Å². The minimum Gasteiger partial charge on any atom is -0.478 e. The van der Waals surface area contributed by atoms with Gasteiger partial charge in [-0.1, -0.05) is 11.8 Å². The fourth-order valence-electron chi connectivity index (χ4n) is 3.68. The highest BCUT2D eigenvalue weighted by Gasteiger charge is 2.09. The number of hydrogen-bond acceptors (Lipinski definition) is 9. The largest absolute Gasteiger partial charge is 0.478 e. The quantitative estimate of drug-likeness (QED) is 0.136. The van der Waals surface area contributed by atoms with E-state index >= 15 is 0 Å². The minimum absolute atomic E-state index is 0.128. The van der Waals surface area contributed by atoms with Gasteiger partial charge in [-0.05, 0) is 85.3 Å². The number of hydrogen-bond donors (Lipinski definition) is 4. The van der Waals surface area contributed by atoms with E-state index in [1.54, 1.807) is 61.7 Å². The summed E-state index contributed by atoms with van der Waals surface area (Å²) in [4.78, 5) is 44.8. The summed E-state index contributed by atoms with van der Waals surface area (Å²) in [5.74, 6) is -1.10. The van der Waals surface area contributed by atoms with Crippen LogP contribution in [-0.4, -0.2) is 46.6 Å². The zero-order valence-electron chi connectivity index (χ0n) is 21.8. The average molecular weight is 558 g/mol. The zero-order valence-corrected chi connectivity index (χ0v) is 22.6. The number of ether oxygens (including phenoxy) is 1. The highest BCUT2D eigenvalue weighted by atomic mass is 32.2. The summed E-state index contributed by atoms with van der Waals surface area (Å²) in [6.45, 7) is 2.17. The number of rotatable bonds is 11. The van der Waals surface area contributed by atoms with E-state index in [0.29, 0.717) is 35.0 Å². The Balaban J connectivity index is 1.26. The number of nitrogens with zero attached hydrogens (tertiary/aromatic N) is 2. The molecule has 0 aliphatic rings. The first-order valence-electron chi connectivity index (χ1n) is 12.2. The Hall–Kier alpha value is -4.90. The summed E-state index contributed by atoms with van der Waals surface area (Å²) in [6, 6.07) is 21.0. The van der Waals surface area contributed by atoms with E-state index in [0.717, 1.165) is 15.6 Å². The molecule has 204 valence electrons. The van der Waals surface area contributed by atoms with Crippen LogP contribution in [0.25, 0.3) is 0 Å². The Bertz CT molecular complexity index is 1510. The second kappa shape index (κ2) is 13.3. The normalized spacial score (nSPS) is 10.4. The van der Waals surface area contributed by atoms with E-state index in [1.807, 2.05) is 24.3 Å². The zero-order chi connectivity index (χ0) is 28.5. The molecule has 1 heterocycles. The molecule has 0 atom stereocenters. The maximum Gasteiger partial charge on any atom is 0.337 e. The van der Waals surface area contributed by atoms with Gasteiger partial charge in [-0.2, -0.15) is 0 Å². The van der Waals surface area contributed by atoms with Crippen LogP contribution in [0.3, 0.4) is 0 Å². The molecule has 3 aromatic carbocycles. The fourth-order valence-corrected chi connectivity index (χ4v) is 4.46. The first-order chi connectivity index (χ1) is 19.3. The Labute approximate surface area is 235 Å². The lowest BCUT2D eigenvalue weighted by Crippen LogP contribution is -2.16. The molecule has 0 radical (unpaired) electrons. The molecular weight excluding hydrogens is 530 g/mol. The molecule has 10 nitrogen and oxygen atoms in total. The summed E-state index contributed by atoms with van der Waals surface area (Å²) in [5.41, 5.74) is 3.52. The third kappa shape index (κ3) is 7.81. The number of amides is 1. The number of aromatic nitrogens is 2. The number of carbonyl (C=O) groups excluding carboxylic acids is 2. The standard InChI is InChI=1S/C29H27N5O5S/c1-18-17-22(9-12-24(18)27(36)37)33-29-31-16-14-26(34-29)40-23-10-7-21(8-11-23)32-25(35)13-15-30-20-5-3-19(4-6-20)28(38)39-2/h3-12,14,16-17,30H,13,15H2,1-2H3,(H,32,35)(H,36,37)(H,31,33,34). The number of anilines is 4. The second-order valence-corrected chi connectivity index (χ2v) is 9.69. The Morgan fingerprint density at radius 3 is 2.30 bits per heavy atom. The third-order valence-corrected chi connectivity index (χ3v) is 6.64. The molecule has 40 heavy (non-hydrogen) atoms. The Morgan fingerprint density at radius 1 is 0.925 bits per heavy atom. The van der Waals surface area contributed by atoms with E-state index in [2.05, 4.69) is 30.7 Å². The van der Waals surface area contributed by atoms with Gasteiger partial charge in [0.15, 0.2) is 0 Å². The number of esters is 1. The predicted octanol–water partition coefficient (Wildman–Crippen LogP) is 5.61. The van der Waals surface area contributed by atoms with Crippen LogP contribution < -0.4 is 16.0 Å². The SMILES string of the molecule is COC(=O)c1ccc(NCCC(=O)Nc2ccc(Sc3ccnc(Nc4ccc(C(=O)O)c(C)c4)n3)cc2)cc1. The molecule has 1 aromatic heterocycles. The molecule has 0 bridgehead atoms. The smallest absolute Gasteiger partial charge is 0.337 e. The van der Waals surface area contributed by atoms with Crippen molar-refractivity contribution in [2.75, 3.05) is 29.6 Å². The van der Waals surface area contributed by atoms with E-state index in [9.17, 15) is 19.5 Å². The van der Waals surface area contributed by atoms with Crippen molar-refractivity contribution in [2.24, 2.45) is 0 Å². The highest BCUT2D eigenvalue weighted by molar-refractivity contribution is 7.99. The lowest BCUT2D eigenvalue weighted by Gasteiger charge is -2.09. The third-order valence-electron chi connectivity index (χ3n) is 5.69. The summed E-state index contributed by atoms with van der Waals surface area (Å²) in [7, 11) is 1.33.